The molecular formula is C16H15N3O3. The number of benzene rings is 2. The number of carbonyl (C=O) groups excluding carboxylic acids is 1. The highest BCUT2D eigenvalue weighted by molar-refractivity contribution is 6.03. The van der Waals surface area contributed by atoms with Crippen LogP contribution in [0.25, 0.3) is 10.8 Å². The Kier molecular flexibility index (Phi) is 4.94. The number of nitrogens with one attached hydrogen (secondary N) is 1. The molecule has 112 valence electrons. The van der Waals surface area contributed by atoms with E-state index in [0.717, 1.165) is 16.3 Å². The van der Waals surface area contributed by atoms with Crippen molar-refractivity contribution >= 4 is 22.9 Å². The van der Waals surface area contributed by atoms with Crippen LogP contribution in [-0.4, -0.2) is 26.3 Å². The van der Waals surface area contributed by atoms with Gasteiger partial charge in [0.25, 0.3) is 5.91 Å². The number of carbonyl (C=O) groups is 1. The highest BCUT2D eigenvalue weighted by Gasteiger charge is 2.08. The van der Waals surface area contributed by atoms with Gasteiger partial charge in [0.2, 0.25) is 0 Å². The molecule has 0 radical (unpaired) electrons. The maximum atomic E-state index is 11.3. The minimum atomic E-state index is -0.462. The van der Waals surface area contributed by atoms with E-state index in [2.05, 4.69) is 10.5 Å². The van der Waals surface area contributed by atoms with Gasteiger partial charge in [0.15, 0.2) is 0 Å². The maximum Gasteiger partial charge on any atom is 0.254 e. The summed E-state index contributed by atoms with van der Waals surface area (Å²) in [5.74, 6) is 0.874. The minimum Gasteiger partial charge on any atom is -0.497 e. The summed E-state index contributed by atoms with van der Waals surface area (Å²) in [4.78, 5) is 11.3. The molecule has 0 saturated heterocycles. The van der Waals surface area contributed by atoms with Crippen molar-refractivity contribution in [2.75, 3.05) is 14.2 Å². The Balaban J connectivity index is 2.42. The van der Waals surface area contributed by atoms with Crippen LogP contribution in [0.2, 0.25) is 0 Å². The van der Waals surface area contributed by atoms with Gasteiger partial charge in [-0.25, -0.2) is 5.43 Å². The van der Waals surface area contributed by atoms with Crippen molar-refractivity contribution in [3.05, 3.63) is 35.9 Å². The summed E-state index contributed by atoms with van der Waals surface area (Å²) in [5.41, 5.74) is 3.02. The zero-order valence-electron chi connectivity index (χ0n) is 12.3. The lowest BCUT2D eigenvalue weighted by atomic mass is 10.0. The highest BCUT2D eigenvalue weighted by atomic mass is 16.5. The number of nitrogens with zero attached hydrogens (tertiary/aromatic N) is 2. The Bertz CT molecular complexity index is 758. The maximum absolute atomic E-state index is 11.3. The van der Waals surface area contributed by atoms with Gasteiger partial charge >= 0.3 is 0 Å². The van der Waals surface area contributed by atoms with Gasteiger partial charge in [0, 0.05) is 5.56 Å². The second kappa shape index (κ2) is 7.09. The Labute approximate surface area is 127 Å². The average Bonchev–Trinajstić information content (AvgIpc) is 2.54. The molecule has 0 atom stereocenters. The summed E-state index contributed by atoms with van der Waals surface area (Å²) >= 11 is 0. The summed E-state index contributed by atoms with van der Waals surface area (Å²) in [7, 11) is 3.16. The first-order chi connectivity index (χ1) is 10.7. The minimum absolute atomic E-state index is 0.238. The molecule has 0 spiro atoms. The SMILES string of the molecule is COc1ccc2ccc(OC)c(/C=N\NC(=O)CC#N)c2c1. The van der Waals surface area contributed by atoms with E-state index in [1.165, 1.54) is 6.21 Å². The van der Waals surface area contributed by atoms with Crippen molar-refractivity contribution in [1.29, 1.82) is 5.26 Å². The van der Waals surface area contributed by atoms with E-state index in [1.807, 2.05) is 30.3 Å². The Morgan fingerprint density at radius 1 is 1.32 bits per heavy atom. The van der Waals surface area contributed by atoms with Gasteiger partial charge in [0.05, 0.1) is 26.5 Å². The van der Waals surface area contributed by atoms with Gasteiger partial charge in [-0.3, -0.25) is 4.79 Å². The molecule has 0 aromatic heterocycles. The number of hydrazone groups is 1. The molecule has 22 heavy (non-hydrogen) atoms. The molecule has 0 aliphatic rings. The zero-order valence-corrected chi connectivity index (χ0v) is 12.3. The number of nitriles is 1. The van der Waals surface area contributed by atoms with Crippen molar-refractivity contribution in [2.24, 2.45) is 5.10 Å². The Morgan fingerprint density at radius 3 is 2.77 bits per heavy atom. The number of hydrogen-bond acceptors (Lipinski definition) is 5. The molecule has 2 rings (SSSR count). The molecular weight excluding hydrogens is 282 g/mol. The third-order valence-corrected chi connectivity index (χ3v) is 3.07. The van der Waals surface area contributed by atoms with E-state index in [-0.39, 0.29) is 6.42 Å². The molecule has 6 nitrogen and oxygen atoms in total. The third kappa shape index (κ3) is 3.33. The van der Waals surface area contributed by atoms with Gasteiger partial charge < -0.3 is 9.47 Å². The van der Waals surface area contributed by atoms with E-state index in [4.69, 9.17) is 14.7 Å². The summed E-state index contributed by atoms with van der Waals surface area (Å²) in [6.07, 6.45) is 1.26. The second-order valence-electron chi connectivity index (χ2n) is 4.40. The fourth-order valence-electron chi connectivity index (χ4n) is 2.02. The van der Waals surface area contributed by atoms with Gasteiger partial charge in [-0.1, -0.05) is 12.1 Å². The normalized spacial score (nSPS) is 10.4. The van der Waals surface area contributed by atoms with E-state index in [0.29, 0.717) is 11.5 Å². The summed E-state index contributed by atoms with van der Waals surface area (Å²) in [6.45, 7) is 0. The lowest BCUT2D eigenvalue weighted by Gasteiger charge is -2.10. The van der Waals surface area contributed by atoms with Crippen LogP contribution in [0, 0.1) is 11.3 Å². The topological polar surface area (TPSA) is 83.7 Å². The van der Waals surface area contributed by atoms with E-state index in [1.54, 1.807) is 20.3 Å². The van der Waals surface area contributed by atoms with Crippen molar-refractivity contribution < 1.29 is 14.3 Å². The standard InChI is InChI=1S/C16H15N3O3/c1-21-12-5-3-11-4-6-15(22-2)14(13(11)9-12)10-18-19-16(20)7-8-17/h3-6,9-10H,7H2,1-2H3,(H,19,20)/b18-10-. The molecule has 0 heterocycles. The van der Waals surface area contributed by atoms with E-state index >= 15 is 0 Å². The molecule has 2 aromatic carbocycles. The molecule has 0 fully saturated rings. The van der Waals surface area contributed by atoms with Gasteiger partial charge in [-0.2, -0.15) is 10.4 Å². The van der Waals surface area contributed by atoms with Crippen LogP contribution in [-0.2, 0) is 4.79 Å². The van der Waals surface area contributed by atoms with Crippen molar-refractivity contribution in [1.82, 2.24) is 5.43 Å². The molecule has 0 aliphatic carbocycles. The molecule has 1 amide bonds. The molecule has 1 N–H and O–H groups in total. The van der Waals surface area contributed by atoms with Crippen molar-refractivity contribution in [2.45, 2.75) is 6.42 Å². The van der Waals surface area contributed by atoms with Gasteiger partial charge in [-0.15, -0.1) is 0 Å². The molecule has 0 saturated carbocycles. The van der Waals surface area contributed by atoms with E-state index < -0.39 is 5.91 Å². The molecule has 0 unspecified atom stereocenters. The predicted octanol–water partition coefficient (Wildman–Crippen LogP) is 2.22. The molecule has 6 heteroatoms. The number of rotatable bonds is 5. The zero-order chi connectivity index (χ0) is 15.9. The quantitative estimate of drug-likeness (QED) is 0.677. The smallest absolute Gasteiger partial charge is 0.254 e. The monoisotopic (exact) mass is 297 g/mol. The van der Waals surface area contributed by atoms with Crippen LogP contribution in [0.4, 0.5) is 0 Å². The number of methoxy groups -OCH3 is 2. The van der Waals surface area contributed by atoms with E-state index in [9.17, 15) is 4.79 Å². The predicted molar refractivity (Wildman–Crippen MR) is 83.0 cm³/mol. The molecule has 0 bridgehead atoms. The fourth-order valence-corrected chi connectivity index (χ4v) is 2.02. The Hall–Kier alpha value is -3.07. The van der Waals surface area contributed by atoms with Crippen LogP contribution in [0.5, 0.6) is 11.5 Å². The Morgan fingerprint density at radius 2 is 2.09 bits per heavy atom. The van der Waals surface area contributed by atoms with Crippen LogP contribution in [0.1, 0.15) is 12.0 Å². The van der Waals surface area contributed by atoms with Crippen LogP contribution < -0.4 is 14.9 Å². The number of fused-ring (bicyclic) bond motifs is 1. The van der Waals surface area contributed by atoms with Crippen LogP contribution >= 0.6 is 0 Å². The highest BCUT2D eigenvalue weighted by Crippen LogP contribution is 2.29. The van der Waals surface area contributed by atoms with Crippen molar-refractivity contribution in [3.8, 4) is 17.6 Å². The summed E-state index contributed by atoms with van der Waals surface area (Å²) < 4.78 is 10.6. The van der Waals surface area contributed by atoms with Gasteiger partial charge in [0.1, 0.15) is 17.9 Å². The largest absolute Gasteiger partial charge is 0.497 e. The summed E-state index contributed by atoms with van der Waals surface area (Å²) in [6, 6.07) is 11.2. The first kappa shape index (κ1) is 15.3. The van der Waals surface area contributed by atoms with Crippen molar-refractivity contribution in [3.63, 3.8) is 0 Å². The first-order valence-corrected chi connectivity index (χ1v) is 6.53. The number of ether oxygens (including phenoxy) is 2. The second-order valence-corrected chi connectivity index (χ2v) is 4.40. The molecule has 0 aliphatic heterocycles. The third-order valence-electron chi connectivity index (χ3n) is 3.07. The summed E-state index contributed by atoms with van der Waals surface area (Å²) in [5, 5.41) is 14.2. The first-order valence-electron chi connectivity index (χ1n) is 6.53. The lowest BCUT2D eigenvalue weighted by molar-refractivity contribution is -0.120. The van der Waals surface area contributed by atoms with Crippen LogP contribution in [0.3, 0.4) is 0 Å². The van der Waals surface area contributed by atoms with Gasteiger partial charge in [-0.05, 0) is 29.0 Å². The van der Waals surface area contributed by atoms with Crippen LogP contribution in [0.15, 0.2) is 35.4 Å². The fraction of sp³-hybridized carbons (Fsp3) is 0.188. The average molecular weight is 297 g/mol. The number of amides is 1. The molecule has 2 aromatic rings. The number of hydrogen-bond donors (Lipinski definition) is 1. The lowest BCUT2D eigenvalue weighted by Crippen LogP contribution is -2.16.